The molecule has 2 amide bonds. The second-order valence-corrected chi connectivity index (χ2v) is 13.3. The third-order valence-electron chi connectivity index (χ3n) is 7.79. The molecule has 3 aromatic carbocycles. The monoisotopic (exact) mass is 796 g/mol. The molecule has 0 saturated carbocycles. The molecule has 3 rings (SSSR count). The number of carboxylic acid groups (broad SMARTS) is 1. The van der Waals surface area contributed by atoms with Crippen LogP contribution in [0, 0.1) is 0 Å². The predicted octanol–water partition coefficient (Wildman–Crippen LogP) is 10.0. The molecule has 0 aromatic heterocycles. The lowest BCUT2D eigenvalue weighted by molar-refractivity contribution is -0.274. The Balaban J connectivity index is 1.61. The number of carbonyl (C=O) groups excluding carboxylic acids is 2. The van der Waals surface area contributed by atoms with Crippen molar-refractivity contribution < 1.29 is 37.4 Å². The van der Waals surface area contributed by atoms with Gasteiger partial charge in [0.2, 0.25) is 0 Å². The third kappa shape index (κ3) is 12.9. The molecule has 0 spiro atoms. The number of amides is 2. The summed E-state index contributed by atoms with van der Waals surface area (Å²) in [4.78, 5) is 38.4. The minimum Gasteiger partial charge on any atom is -0.474 e. The molecule has 0 atom stereocenters. The van der Waals surface area contributed by atoms with Crippen LogP contribution in [0.1, 0.15) is 92.6 Å². The van der Waals surface area contributed by atoms with Gasteiger partial charge in [-0.05, 0) is 41.3 Å². The van der Waals surface area contributed by atoms with Gasteiger partial charge in [-0.3, -0.25) is 9.59 Å². The maximum Gasteiger partial charge on any atom is 0.573 e. The van der Waals surface area contributed by atoms with Crippen molar-refractivity contribution in [3.05, 3.63) is 86.3 Å². The summed E-state index contributed by atoms with van der Waals surface area (Å²) >= 11 is 6.96. The maximum atomic E-state index is 12.9. The number of para-hydroxylation sites is 1. The van der Waals surface area contributed by atoms with Crippen LogP contribution in [0.15, 0.2) is 69.6 Å². The van der Waals surface area contributed by atoms with Crippen molar-refractivity contribution >= 4 is 49.6 Å². The minimum atomic E-state index is -4.86. The molecule has 0 heterocycles. The Bertz CT molecular complexity index is 1490. The number of hydrogen-bond acceptors (Lipinski definition) is 4. The molecule has 7 nitrogen and oxygen atoms in total. The number of halogens is 5. The largest absolute Gasteiger partial charge is 0.573 e. The molecule has 0 aliphatic rings. The van der Waals surface area contributed by atoms with Gasteiger partial charge in [-0.2, -0.15) is 0 Å². The van der Waals surface area contributed by atoms with Gasteiger partial charge in [0.05, 0.1) is 0 Å². The summed E-state index contributed by atoms with van der Waals surface area (Å²) in [5.41, 5.74) is 2.19. The number of nitrogens with one attached hydrogen (secondary N) is 1. The highest BCUT2D eigenvalue weighted by molar-refractivity contribution is 9.11. The molecule has 2 N–H and O–H groups in total. The highest BCUT2D eigenvalue weighted by Crippen LogP contribution is 2.34. The van der Waals surface area contributed by atoms with Crippen molar-refractivity contribution in [1.82, 2.24) is 10.2 Å². The van der Waals surface area contributed by atoms with Crippen LogP contribution in [0.3, 0.4) is 0 Å². The minimum absolute atomic E-state index is 0.0912. The molecule has 12 heteroatoms. The fraction of sp³-hybridized carbons (Fsp3) is 0.417. The fourth-order valence-electron chi connectivity index (χ4n) is 5.26. The fourth-order valence-corrected chi connectivity index (χ4v) is 6.69. The first kappa shape index (κ1) is 39.1. The van der Waals surface area contributed by atoms with Crippen LogP contribution in [-0.4, -0.2) is 40.7 Å². The van der Waals surface area contributed by atoms with E-state index in [0.29, 0.717) is 37.7 Å². The molecule has 0 saturated heterocycles. The zero-order chi connectivity index (χ0) is 35.1. The Labute approximate surface area is 296 Å². The Morgan fingerprint density at radius 1 is 0.812 bits per heavy atom. The van der Waals surface area contributed by atoms with Crippen LogP contribution in [0.25, 0.3) is 11.1 Å². The number of unbranched alkanes of at least 4 members (excludes halogenated alkanes) is 9. The summed E-state index contributed by atoms with van der Waals surface area (Å²) in [6, 6.07) is 15.4. The van der Waals surface area contributed by atoms with Crippen molar-refractivity contribution in [1.29, 1.82) is 0 Å². The van der Waals surface area contributed by atoms with Gasteiger partial charge < -0.3 is 20.1 Å². The van der Waals surface area contributed by atoms with Gasteiger partial charge in [0.25, 0.3) is 5.91 Å². The average Bonchev–Trinajstić information content (AvgIpc) is 3.04. The lowest BCUT2D eigenvalue weighted by Gasteiger charge is -2.23. The second kappa shape index (κ2) is 19.6. The summed E-state index contributed by atoms with van der Waals surface area (Å²) < 4.78 is 43.8. The van der Waals surface area contributed by atoms with Crippen molar-refractivity contribution in [3.63, 3.8) is 0 Å². The van der Waals surface area contributed by atoms with Crippen LogP contribution in [0.4, 0.5) is 13.2 Å². The van der Waals surface area contributed by atoms with E-state index in [-0.39, 0.29) is 30.3 Å². The van der Waals surface area contributed by atoms with E-state index in [9.17, 15) is 32.7 Å². The van der Waals surface area contributed by atoms with E-state index in [0.717, 1.165) is 24.2 Å². The van der Waals surface area contributed by atoms with Gasteiger partial charge in [-0.15, -0.1) is 13.2 Å². The summed E-state index contributed by atoms with van der Waals surface area (Å²) in [6.07, 6.45) is 7.18. The van der Waals surface area contributed by atoms with Crippen molar-refractivity contribution in [2.75, 3.05) is 6.54 Å². The number of rotatable bonds is 18. The molecule has 0 aliphatic heterocycles. The number of alkyl halides is 3. The predicted molar refractivity (Wildman–Crippen MR) is 186 cm³/mol. The Hall–Kier alpha value is -3.38. The SMILES string of the molecule is CCCCCCCCCCCCNC(=O)c1cc(Br)c(CN(Cc2ccc(-c3ccccc3OC(F)(F)F)cc2)C(=O)C(=O)O)c(Br)c1. The Morgan fingerprint density at radius 3 is 1.94 bits per heavy atom. The molecule has 0 bridgehead atoms. The van der Waals surface area contributed by atoms with Crippen molar-refractivity contribution in [2.45, 2.75) is 90.6 Å². The molecule has 260 valence electrons. The van der Waals surface area contributed by atoms with E-state index in [2.05, 4.69) is 48.8 Å². The molecule has 0 fully saturated rings. The van der Waals surface area contributed by atoms with Crippen LogP contribution >= 0.6 is 31.9 Å². The molecule has 0 radical (unpaired) electrons. The smallest absolute Gasteiger partial charge is 0.474 e. The van der Waals surface area contributed by atoms with Crippen LogP contribution in [-0.2, 0) is 22.7 Å². The van der Waals surface area contributed by atoms with Crippen LogP contribution in [0.2, 0.25) is 0 Å². The molecule has 48 heavy (non-hydrogen) atoms. The topological polar surface area (TPSA) is 95.9 Å². The third-order valence-corrected chi connectivity index (χ3v) is 9.20. The van der Waals surface area contributed by atoms with Crippen LogP contribution < -0.4 is 10.1 Å². The highest BCUT2D eigenvalue weighted by Gasteiger charge is 2.32. The first-order chi connectivity index (χ1) is 22.9. The summed E-state index contributed by atoms with van der Waals surface area (Å²) in [6.45, 7) is 2.59. The zero-order valence-corrected chi connectivity index (χ0v) is 30.1. The van der Waals surface area contributed by atoms with E-state index in [1.54, 1.807) is 42.5 Å². The molecular weight excluding hydrogens is 757 g/mol. The molecule has 3 aromatic rings. The van der Waals surface area contributed by atoms with E-state index < -0.39 is 18.2 Å². The van der Waals surface area contributed by atoms with E-state index >= 15 is 0 Å². The standard InChI is InChI=1S/C36H41Br2F3N2O5/c1-2-3-4-5-6-7-8-9-10-13-20-42-33(44)27-21-30(37)29(31(38)22-27)24-43(34(45)35(46)47)23-25-16-18-26(19-17-25)28-14-11-12-15-32(28)48-36(39,40)41/h11-12,14-19,21-22H,2-10,13,20,23-24H2,1H3,(H,42,44)(H,46,47). The number of benzene rings is 3. The Kier molecular flexibility index (Phi) is 15.9. The van der Waals surface area contributed by atoms with E-state index in [4.69, 9.17) is 0 Å². The number of aliphatic carboxylic acids is 1. The summed E-state index contributed by atoms with van der Waals surface area (Å²) in [5.74, 6) is -3.37. The lowest BCUT2D eigenvalue weighted by Crippen LogP contribution is -2.35. The average molecular weight is 799 g/mol. The number of carbonyl (C=O) groups is 3. The highest BCUT2D eigenvalue weighted by atomic mass is 79.9. The molecule has 0 unspecified atom stereocenters. The quantitative estimate of drug-likeness (QED) is 0.0987. The Morgan fingerprint density at radius 2 is 1.38 bits per heavy atom. The number of ether oxygens (including phenoxy) is 1. The van der Waals surface area contributed by atoms with Crippen molar-refractivity contribution in [3.8, 4) is 16.9 Å². The van der Waals surface area contributed by atoms with Crippen LogP contribution in [0.5, 0.6) is 5.75 Å². The molecular formula is C36H41Br2F3N2O5. The van der Waals surface area contributed by atoms with Gasteiger partial charge in [0, 0.05) is 39.7 Å². The van der Waals surface area contributed by atoms with E-state index in [1.807, 2.05) is 0 Å². The first-order valence-electron chi connectivity index (χ1n) is 16.1. The number of hydrogen-bond donors (Lipinski definition) is 2. The number of carboxylic acids is 1. The maximum absolute atomic E-state index is 12.9. The number of nitrogens with zero attached hydrogens (tertiary/aromatic N) is 1. The summed E-state index contributed by atoms with van der Waals surface area (Å²) in [7, 11) is 0. The van der Waals surface area contributed by atoms with Gasteiger partial charge in [-0.1, -0.05) is 139 Å². The molecule has 0 aliphatic carbocycles. The summed E-state index contributed by atoms with van der Waals surface area (Å²) in [5, 5.41) is 12.5. The normalized spacial score (nSPS) is 11.3. The van der Waals surface area contributed by atoms with Gasteiger partial charge in [-0.25, -0.2) is 4.79 Å². The van der Waals surface area contributed by atoms with Gasteiger partial charge >= 0.3 is 18.2 Å². The zero-order valence-electron chi connectivity index (χ0n) is 26.9. The van der Waals surface area contributed by atoms with Crippen molar-refractivity contribution in [2.24, 2.45) is 0 Å². The van der Waals surface area contributed by atoms with Gasteiger partial charge in [0.15, 0.2) is 0 Å². The van der Waals surface area contributed by atoms with E-state index in [1.165, 1.54) is 63.1 Å². The first-order valence-corrected chi connectivity index (χ1v) is 17.7. The lowest BCUT2D eigenvalue weighted by atomic mass is 10.0. The second-order valence-electron chi connectivity index (χ2n) is 11.6. The van der Waals surface area contributed by atoms with Gasteiger partial charge in [0.1, 0.15) is 5.75 Å².